The molecule has 0 radical (unpaired) electrons. The fourth-order valence-electron chi connectivity index (χ4n) is 4.23. The maximum absolute atomic E-state index is 13.2. The number of amides is 1. The third-order valence-electron chi connectivity index (χ3n) is 6.00. The molecule has 0 unspecified atom stereocenters. The first-order valence-electron chi connectivity index (χ1n) is 11.3. The van der Waals surface area contributed by atoms with Crippen LogP contribution in [0.4, 0.5) is 0 Å². The first kappa shape index (κ1) is 22.7. The number of hydrogen-bond donors (Lipinski definition) is 0. The van der Waals surface area contributed by atoms with Gasteiger partial charge in [-0.25, -0.2) is 9.78 Å². The lowest BCUT2D eigenvalue weighted by Crippen LogP contribution is -2.41. The van der Waals surface area contributed by atoms with Gasteiger partial charge in [-0.05, 0) is 18.4 Å². The molecule has 4 rings (SSSR count). The number of benzene rings is 2. The Morgan fingerprint density at radius 2 is 1.70 bits per heavy atom. The highest BCUT2D eigenvalue weighted by Crippen LogP contribution is 2.31. The van der Waals surface area contributed by atoms with Gasteiger partial charge in [-0.1, -0.05) is 60.7 Å². The highest BCUT2D eigenvalue weighted by atomic mass is 16.5. The Labute approximate surface area is 194 Å². The van der Waals surface area contributed by atoms with Gasteiger partial charge in [-0.2, -0.15) is 0 Å². The average Bonchev–Trinajstić information content (AvgIpc) is 3.32. The molecule has 1 atom stereocenters. The van der Waals surface area contributed by atoms with E-state index in [1.165, 1.54) is 12.7 Å². The van der Waals surface area contributed by atoms with Crippen LogP contribution in [0.1, 0.15) is 34.9 Å². The summed E-state index contributed by atoms with van der Waals surface area (Å²) in [4.78, 5) is 32.0. The van der Waals surface area contributed by atoms with Gasteiger partial charge in [0.1, 0.15) is 0 Å². The number of aryl methyl sites for hydroxylation is 1. The van der Waals surface area contributed by atoms with Crippen molar-refractivity contribution in [3.05, 3.63) is 78.2 Å². The van der Waals surface area contributed by atoms with Gasteiger partial charge >= 0.3 is 5.97 Å². The van der Waals surface area contributed by atoms with Crippen LogP contribution >= 0.6 is 0 Å². The van der Waals surface area contributed by atoms with Crippen LogP contribution in [-0.2, 0) is 20.7 Å². The van der Waals surface area contributed by atoms with Gasteiger partial charge in [0.05, 0.1) is 32.3 Å². The van der Waals surface area contributed by atoms with Crippen molar-refractivity contribution in [3.63, 3.8) is 0 Å². The maximum Gasteiger partial charge on any atom is 0.358 e. The van der Waals surface area contributed by atoms with Gasteiger partial charge in [0.15, 0.2) is 5.69 Å². The molecule has 1 amide bonds. The number of aromatic nitrogens is 2. The summed E-state index contributed by atoms with van der Waals surface area (Å²) in [5, 5.41) is 0. The number of hydrogen-bond acceptors (Lipinski definition) is 5. The van der Waals surface area contributed by atoms with Crippen LogP contribution in [-0.4, -0.2) is 59.7 Å². The van der Waals surface area contributed by atoms with E-state index in [0.717, 1.165) is 18.4 Å². The predicted octanol–water partition coefficient (Wildman–Crippen LogP) is 3.76. The Kier molecular flexibility index (Phi) is 7.52. The van der Waals surface area contributed by atoms with Gasteiger partial charge in [0.25, 0.3) is 0 Å². The smallest absolute Gasteiger partial charge is 0.358 e. The maximum atomic E-state index is 13.2. The van der Waals surface area contributed by atoms with Crippen LogP contribution in [0.2, 0.25) is 0 Å². The fourth-order valence-corrected chi connectivity index (χ4v) is 4.23. The second kappa shape index (κ2) is 10.9. The topological polar surface area (TPSA) is 73.7 Å². The third-order valence-corrected chi connectivity index (χ3v) is 6.00. The van der Waals surface area contributed by atoms with Crippen LogP contribution in [0.5, 0.6) is 0 Å². The van der Waals surface area contributed by atoms with Crippen molar-refractivity contribution in [1.29, 1.82) is 0 Å². The Balaban J connectivity index is 1.68. The molecule has 0 saturated carbocycles. The molecule has 1 aliphatic heterocycles. The van der Waals surface area contributed by atoms with Crippen molar-refractivity contribution in [1.82, 2.24) is 14.5 Å². The normalized spacial score (nSPS) is 14.6. The van der Waals surface area contributed by atoms with Crippen LogP contribution < -0.4 is 0 Å². The van der Waals surface area contributed by atoms with Gasteiger partial charge in [0.2, 0.25) is 5.91 Å². The minimum absolute atomic E-state index is 0.0868. The largest absolute Gasteiger partial charge is 0.464 e. The molecular weight excluding hydrogens is 418 g/mol. The van der Waals surface area contributed by atoms with E-state index in [2.05, 4.69) is 17.1 Å². The van der Waals surface area contributed by atoms with E-state index in [1.807, 2.05) is 58.0 Å². The molecule has 2 aromatic carbocycles. The zero-order valence-corrected chi connectivity index (χ0v) is 18.9. The molecule has 7 nitrogen and oxygen atoms in total. The number of rotatable bonds is 8. The number of morpholine rings is 1. The van der Waals surface area contributed by atoms with Gasteiger partial charge in [-0.15, -0.1) is 0 Å². The number of carbonyl (C=O) groups is 2. The standard InChI is InChI=1S/C26H29N3O4/c1-32-26(31)24-25(21-10-6-3-7-11-21)29(19-27-24)22(13-12-20-8-4-2-5-9-20)18-23(30)28-14-16-33-17-15-28/h2-11,19,22H,12-18H2,1H3/t22-/m1/s1. The van der Waals surface area contributed by atoms with E-state index in [0.29, 0.717) is 38.4 Å². The van der Waals surface area contributed by atoms with Crippen molar-refractivity contribution < 1.29 is 19.1 Å². The minimum Gasteiger partial charge on any atom is -0.464 e. The monoisotopic (exact) mass is 447 g/mol. The van der Waals surface area contributed by atoms with Gasteiger partial charge in [0, 0.05) is 31.1 Å². The van der Waals surface area contributed by atoms with Gasteiger partial charge in [-0.3, -0.25) is 4.79 Å². The Hall–Kier alpha value is -3.45. The highest BCUT2D eigenvalue weighted by Gasteiger charge is 2.27. The van der Waals surface area contributed by atoms with E-state index in [9.17, 15) is 9.59 Å². The van der Waals surface area contributed by atoms with E-state index in [1.54, 1.807) is 6.33 Å². The van der Waals surface area contributed by atoms with Crippen molar-refractivity contribution in [3.8, 4) is 11.3 Å². The van der Waals surface area contributed by atoms with E-state index in [-0.39, 0.29) is 17.6 Å². The molecule has 1 saturated heterocycles. The Bertz CT molecular complexity index is 1060. The predicted molar refractivity (Wildman–Crippen MR) is 125 cm³/mol. The molecule has 3 aromatic rings. The molecule has 7 heteroatoms. The van der Waals surface area contributed by atoms with Crippen LogP contribution in [0, 0.1) is 0 Å². The fraction of sp³-hybridized carbons (Fsp3) is 0.346. The molecule has 172 valence electrons. The number of methoxy groups -OCH3 is 1. The SMILES string of the molecule is COC(=O)c1ncn([C@H](CCc2ccccc2)CC(=O)N2CCOCC2)c1-c1ccccc1. The number of esters is 1. The number of carbonyl (C=O) groups excluding carboxylic acids is 2. The molecule has 0 N–H and O–H groups in total. The third kappa shape index (κ3) is 5.49. The summed E-state index contributed by atoms with van der Waals surface area (Å²) in [6.07, 6.45) is 3.53. The second-order valence-electron chi connectivity index (χ2n) is 8.08. The van der Waals surface area contributed by atoms with Crippen LogP contribution in [0.15, 0.2) is 67.0 Å². The van der Waals surface area contributed by atoms with Crippen LogP contribution in [0.25, 0.3) is 11.3 Å². The second-order valence-corrected chi connectivity index (χ2v) is 8.08. The summed E-state index contributed by atoms with van der Waals surface area (Å²) in [6.45, 7) is 2.33. The zero-order valence-electron chi connectivity index (χ0n) is 18.9. The van der Waals surface area contributed by atoms with E-state index < -0.39 is 5.97 Å². The summed E-state index contributed by atoms with van der Waals surface area (Å²) in [5.41, 5.74) is 3.00. The molecule has 2 heterocycles. The molecular formula is C26H29N3O4. The molecule has 33 heavy (non-hydrogen) atoms. The summed E-state index contributed by atoms with van der Waals surface area (Å²) in [5.74, 6) is -0.405. The van der Waals surface area contributed by atoms with Gasteiger partial charge < -0.3 is 18.9 Å². The van der Waals surface area contributed by atoms with Crippen molar-refractivity contribution in [2.75, 3.05) is 33.4 Å². The molecule has 1 fully saturated rings. The average molecular weight is 448 g/mol. The van der Waals surface area contributed by atoms with Crippen molar-refractivity contribution >= 4 is 11.9 Å². The summed E-state index contributed by atoms with van der Waals surface area (Å²) in [6, 6.07) is 19.7. The van der Waals surface area contributed by atoms with E-state index in [4.69, 9.17) is 9.47 Å². The number of imidazole rings is 1. The number of nitrogens with zero attached hydrogens (tertiary/aromatic N) is 3. The molecule has 0 spiro atoms. The molecule has 1 aromatic heterocycles. The summed E-state index contributed by atoms with van der Waals surface area (Å²) in [7, 11) is 1.35. The Morgan fingerprint density at radius 1 is 1.03 bits per heavy atom. The Morgan fingerprint density at radius 3 is 2.36 bits per heavy atom. The highest BCUT2D eigenvalue weighted by molar-refractivity contribution is 5.94. The summed E-state index contributed by atoms with van der Waals surface area (Å²) >= 11 is 0. The molecule has 0 bridgehead atoms. The molecule has 1 aliphatic rings. The van der Waals surface area contributed by atoms with Crippen LogP contribution in [0.3, 0.4) is 0 Å². The van der Waals surface area contributed by atoms with E-state index >= 15 is 0 Å². The minimum atomic E-state index is -0.492. The lowest BCUT2D eigenvalue weighted by Gasteiger charge is -2.29. The first-order valence-corrected chi connectivity index (χ1v) is 11.3. The number of ether oxygens (including phenoxy) is 2. The zero-order chi connectivity index (χ0) is 23.0. The molecule has 0 aliphatic carbocycles. The lowest BCUT2D eigenvalue weighted by atomic mass is 10.0. The lowest BCUT2D eigenvalue weighted by molar-refractivity contribution is -0.136. The summed E-state index contributed by atoms with van der Waals surface area (Å²) < 4.78 is 12.4. The quantitative estimate of drug-likeness (QED) is 0.492. The van der Waals surface area contributed by atoms with Crippen molar-refractivity contribution in [2.45, 2.75) is 25.3 Å². The van der Waals surface area contributed by atoms with Crippen molar-refractivity contribution in [2.24, 2.45) is 0 Å². The first-order chi connectivity index (χ1) is 16.2.